The van der Waals surface area contributed by atoms with Gasteiger partial charge in [0.15, 0.2) is 6.61 Å². The summed E-state index contributed by atoms with van der Waals surface area (Å²) < 4.78 is 45.8. The SMILES string of the molecule is CCC[C@@H](C)NC(=O)COc1ccc(S(=O)(=O)Nc2ccc(F)cc2)cc1C. The van der Waals surface area contributed by atoms with Crippen LogP contribution in [0, 0.1) is 12.7 Å². The molecule has 0 aliphatic heterocycles. The number of ether oxygens (including phenoxy) is 1. The molecule has 0 aliphatic carbocycles. The lowest BCUT2D eigenvalue weighted by atomic mass is 10.2. The highest BCUT2D eigenvalue weighted by Crippen LogP contribution is 2.23. The van der Waals surface area contributed by atoms with Crippen molar-refractivity contribution in [3.05, 3.63) is 53.8 Å². The van der Waals surface area contributed by atoms with Crippen molar-refractivity contribution in [1.82, 2.24) is 5.32 Å². The lowest BCUT2D eigenvalue weighted by Crippen LogP contribution is -2.36. The molecular weight excluding hydrogens is 383 g/mol. The van der Waals surface area contributed by atoms with E-state index >= 15 is 0 Å². The minimum Gasteiger partial charge on any atom is -0.484 e. The van der Waals surface area contributed by atoms with E-state index in [9.17, 15) is 17.6 Å². The van der Waals surface area contributed by atoms with Crippen LogP contribution < -0.4 is 14.8 Å². The second-order valence-electron chi connectivity index (χ2n) is 6.59. The van der Waals surface area contributed by atoms with Gasteiger partial charge in [-0.05, 0) is 68.3 Å². The van der Waals surface area contributed by atoms with E-state index in [1.165, 1.54) is 42.5 Å². The molecule has 152 valence electrons. The van der Waals surface area contributed by atoms with Crippen LogP contribution in [0.4, 0.5) is 10.1 Å². The van der Waals surface area contributed by atoms with Gasteiger partial charge < -0.3 is 10.1 Å². The summed E-state index contributed by atoms with van der Waals surface area (Å²) in [7, 11) is -3.83. The first-order chi connectivity index (χ1) is 13.2. The number of carbonyl (C=O) groups is 1. The molecule has 0 saturated heterocycles. The number of rotatable bonds is 9. The van der Waals surface area contributed by atoms with Crippen molar-refractivity contribution in [2.75, 3.05) is 11.3 Å². The molecular formula is C20H25FN2O4S. The lowest BCUT2D eigenvalue weighted by molar-refractivity contribution is -0.123. The van der Waals surface area contributed by atoms with Gasteiger partial charge in [-0.15, -0.1) is 0 Å². The third-order valence-corrected chi connectivity index (χ3v) is 5.42. The lowest BCUT2D eigenvalue weighted by Gasteiger charge is -2.15. The summed E-state index contributed by atoms with van der Waals surface area (Å²) in [5.74, 6) is -0.248. The Morgan fingerprint density at radius 2 is 1.86 bits per heavy atom. The van der Waals surface area contributed by atoms with Crippen LogP contribution >= 0.6 is 0 Å². The van der Waals surface area contributed by atoms with Gasteiger partial charge in [0.25, 0.3) is 15.9 Å². The molecule has 0 radical (unpaired) electrons. The average Bonchev–Trinajstić information content (AvgIpc) is 2.62. The van der Waals surface area contributed by atoms with Crippen molar-refractivity contribution in [2.45, 2.75) is 44.6 Å². The average molecular weight is 408 g/mol. The minimum atomic E-state index is -3.83. The summed E-state index contributed by atoms with van der Waals surface area (Å²) in [5.41, 5.74) is 0.841. The van der Waals surface area contributed by atoms with Crippen LogP contribution in [0.5, 0.6) is 5.75 Å². The first kappa shape index (κ1) is 21.7. The maximum absolute atomic E-state index is 13.0. The van der Waals surface area contributed by atoms with Crippen LogP contribution in [0.25, 0.3) is 0 Å². The molecule has 0 fully saturated rings. The molecule has 0 spiro atoms. The molecule has 8 heteroatoms. The molecule has 0 aliphatic rings. The van der Waals surface area contributed by atoms with Crippen molar-refractivity contribution < 1.29 is 22.3 Å². The number of hydrogen-bond donors (Lipinski definition) is 2. The molecule has 2 aromatic carbocycles. The largest absolute Gasteiger partial charge is 0.484 e. The summed E-state index contributed by atoms with van der Waals surface area (Å²) in [5, 5.41) is 2.84. The molecule has 2 rings (SSSR count). The van der Waals surface area contributed by atoms with E-state index in [1.807, 2.05) is 13.8 Å². The van der Waals surface area contributed by atoms with Gasteiger partial charge in [-0.1, -0.05) is 13.3 Å². The van der Waals surface area contributed by atoms with E-state index in [0.717, 1.165) is 12.8 Å². The Hall–Kier alpha value is -2.61. The number of hydrogen-bond acceptors (Lipinski definition) is 4. The molecule has 0 heterocycles. The standard InChI is InChI=1S/C20H25FN2O4S/c1-4-5-15(3)22-20(24)13-27-19-11-10-18(12-14(19)2)28(25,26)23-17-8-6-16(21)7-9-17/h6-12,15,23H,4-5,13H2,1-3H3,(H,22,24)/t15-/m1/s1. The number of aryl methyl sites for hydroxylation is 1. The third kappa shape index (κ3) is 6.23. The second-order valence-corrected chi connectivity index (χ2v) is 8.27. The Bertz CT molecular complexity index is 914. The molecule has 2 N–H and O–H groups in total. The summed E-state index contributed by atoms with van der Waals surface area (Å²) in [6, 6.07) is 9.47. The molecule has 0 bridgehead atoms. The predicted molar refractivity (Wildman–Crippen MR) is 106 cm³/mol. The monoisotopic (exact) mass is 408 g/mol. The van der Waals surface area contributed by atoms with Crippen molar-refractivity contribution in [2.24, 2.45) is 0 Å². The first-order valence-corrected chi connectivity index (χ1v) is 10.5. The zero-order chi connectivity index (χ0) is 20.7. The van der Waals surface area contributed by atoms with Crippen LogP contribution in [-0.2, 0) is 14.8 Å². The van der Waals surface area contributed by atoms with Gasteiger partial charge in [-0.25, -0.2) is 12.8 Å². The normalized spacial score (nSPS) is 12.3. The molecule has 1 atom stereocenters. The molecule has 28 heavy (non-hydrogen) atoms. The molecule has 0 unspecified atom stereocenters. The predicted octanol–water partition coefficient (Wildman–Crippen LogP) is 3.62. The molecule has 6 nitrogen and oxygen atoms in total. The second kappa shape index (κ2) is 9.54. The van der Waals surface area contributed by atoms with Gasteiger partial charge in [-0.2, -0.15) is 0 Å². The maximum Gasteiger partial charge on any atom is 0.261 e. The van der Waals surface area contributed by atoms with Crippen LogP contribution in [0.2, 0.25) is 0 Å². The molecule has 2 aromatic rings. The van der Waals surface area contributed by atoms with E-state index in [2.05, 4.69) is 10.0 Å². The summed E-state index contributed by atoms with van der Waals surface area (Å²) >= 11 is 0. The van der Waals surface area contributed by atoms with Crippen LogP contribution in [0.15, 0.2) is 47.4 Å². The zero-order valence-electron chi connectivity index (χ0n) is 16.2. The highest BCUT2D eigenvalue weighted by molar-refractivity contribution is 7.92. The van der Waals surface area contributed by atoms with Gasteiger partial charge >= 0.3 is 0 Å². The Morgan fingerprint density at radius 3 is 2.46 bits per heavy atom. The van der Waals surface area contributed by atoms with Gasteiger partial charge in [0.1, 0.15) is 11.6 Å². The number of anilines is 1. The van der Waals surface area contributed by atoms with Crippen LogP contribution in [-0.4, -0.2) is 27.0 Å². The Kier molecular flexibility index (Phi) is 7.39. The Labute approximate surface area is 165 Å². The van der Waals surface area contributed by atoms with Gasteiger partial charge in [0.2, 0.25) is 0 Å². The van der Waals surface area contributed by atoms with Crippen LogP contribution in [0.1, 0.15) is 32.3 Å². The van der Waals surface area contributed by atoms with E-state index in [4.69, 9.17) is 4.74 Å². The fourth-order valence-electron chi connectivity index (χ4n) is 2.65. The van der Waals surface area contributed by atoms with Gasteiger partial charge in [-0.3, -0.25) is 9.52 Å². The van der Waals surface area contributed by atoms with Crippen molar-refractivity contribution in [3.63, 3.8) is 0 Å². The number of amides is 1. The van der Waals surface area contributed by atoms with Gasteiger partial charge in [0, 0.05) is 11.7 Å². The number of sulfonamides is 1. The molecule has 1 amide bonds. The first-order valence-electron chi connectivity index (χ1n) is 9.02. The maximum atomic E-state index is 13.0. The van der Waals surface area contributed by atoms with Crippen molar-refractivity contribution in [3.8, 4) is 5.75 Å². The van der Waals surface area contributed by atoms with Crippen LogP contribution in [0.3, 0.4) is 0 Å². The highest BCUT2D eigenvalue weighted by Gasteiger charge is 2.16. The number of carbonyl (C=O) groups excluding carboxylic acids is 1. The third-order valence-electron chi connectivity index (χ3n) is 4.04. The molecule has 0 saturated carbocycles. The summed E-state index contributed by atoms with van der Waals surface area (Å²) in [6.45, 7) is 5.53. The zero-order valence-corrected chi connectivity index (χ0v) is 17.0. The number of benzene rings is 2. The quantitative estimate of drug-likeness (QED) is 0.664. The smallest absolute Gasteiger partial charge is 0.261 e. The fourth-order valence-corrected chi connectivity index (χ4v) is 3.79. The fraction of sp³-hybridized carbons (Fsp3) is 0.350. The topological polar surface area (TPSA) is 84.5 Å². The van der Waals surface area contributed by atoms with Gasteiger partial charge in [0.05, 0.1) is 4.90 Å². The number of halogens is 1. The van der Waals surface area contributed by atoms with Crippen molar-refractivity contribution in [1.29, 1.82) is 0 Å². The Morgan fingerprint density at radius 1 is 1.18 bits per heavy atom. The van der Waals surface area contributed by atoms with E-state index in [-0.39, 0.29) is 29.1 Å². The van der Waals surface area contributed by atoms with E-state index in [1.54, 1.807) is 6.92 Å². The summed E-state index contributed by atoms with van der Waals surface area (Å²) in [4.78, 5) is 11.9. The van der Waals surface area contributed by atoms with Crippen molar-refractivity contribution >= 4 is 21.6 Å². The summed E-state index contributed by atoms with van der Waals surface area (Å²) in [6.07, 6.45) is 1.86. The molecule has 0 aromatic heterocycles. The van der Waals surface area contributed by atoms with E-state index < -0.39 is 15.8 Å². The Balaban J connectivity index is 2.02. The number of nitrogens with one attached hydrogen (secondary N) is 2. The minimum absolute atomic E-state index is 0.0442. The van der Waals surface area contributed by atoms with E-state index in [0.29, 0.717) is 11.3 Å². The highest BCUT2D eigenvalue weighted by atomic mass is 32.2.